The second kappa shape index (κ2) is 12.8. The first-order valence-electron chi connectivity index (χ1n) is 12.4. The summed E-state index contributed by atoms with van der Waals surface area (Å²) in [6, 6.07) is 19.0. The first kappa shape index (κ1) is 25.3. The van der Waals surface area contributed by atoms with E-state index in [1.54, 1.807) is 25.3 Å². The van der Waals surface area contributed by atoms with E-state index in [0.29, 0.717) is 23.9 Å². The molecule has 1 aromatic heterocycles. The molecule has 2 aromatic carbocycles. The van der Waals surface area contributed by atoms with Crippen LogP contribution in [0.15, 0.2) is 66.9 Å². The number of carbonyl (C=O) groups excluding carboxylic acids is 1. The lowest BCUT2D eigenvalue weighted by molar-refractivity contribution is -0.116. The summed E-state index contributed by atoms with van der Waals surface area (Å²) in [5.41, 5.74) is 2.50. The van der Waals surface area contributed by atoms with Crippen LogP contribution in [0.25, 0.3) is 0 Å². The molecule has 0 aliphatic carbocycles. The van der Waals surface area contributed by atoms with E-state index in [1.165, 1.54) is 25.9 Å². The summed E-state index contributed by atoms with van der Waals surface area (Å²) in [6.45, 7) is 4.27. The number of hydrogen-bond donors (Lipinski definition) is 2. The van der Waals surface area contributed by atoms with Gasteiger partial charge in [0.25, 0.3) is 0 Å². The van der Waals surface area contributed by atoms with E-state index >= 15 is 0 Å². The average molecular weight is 490 g/mol. The largest absolute Gasteiger partial charge is 0.493 e. The van der Waals surface area contributed by atoms with Crippen LogP contribution in [0.3, 0.4) is 0 Å². The van der Waals surface area contributed by atoms with E-state index < -0.39 is 0 Å². The number of hydrogen-bond acceptors (Lipinski definition) is 7. The van der Waals surface area contributed by atoms with Gasteiger partial charge in [-0.25, -0.2) is 4.98 Å². The molecule has 2 N–H and O–H groups in total. The van der Waals surface area contributed by atoms with Crippen molar-refractivity contribution >= 4 is 28.8 Å². The number of nitrogens with one attached hydrogen (secondary N) is 2. The number of methoxy groups -OCH3 is 1. The number of ether oxygens (including phenoxy) is 2. The fourth-order valence-electron chi connectivity index (χ4n) is 4.19. The summed E-state index contributed by atoms with van der Waals surface area (Å²) in [7, 11) is 3.42. The number of aromatic nitrogens is 1. The van der Waals surface area contributed by atoms with Crippen LogP contribution in [0.4, 0.5) is 22.9 Å². The Morgan fingerprint density at radius 2 is 1.83 bits per heavy atom. The number of benzene rings is 2. The fourth-order valence-corrected chi connectivity index (χ4v) is 4.19. The third-order valence-corrected chi connectivity index (χ3v) is 6.23. The van der Waals surface area contributed by atoms with E-state index in [2.05, 4.69) is 20.5 Å². The number of amides is 1. The third kappa shape index (κ3) is 7.11. The maximum Gasteiger partial charge on any atom is 0.246 e. The molecule has 4 rings (SSSR count). The topological polar surface area (TPSA) is 79.0 Å². The van der Waals surface area contributed by atoms with Gasteiger partial charge in [0.2, 0.25) is 5.91 Å². The lowest BCUT2D eigenvalue weighted by Crippen LogP contribution is -2.32. The van der Waals surface area contributed by atoms with Gasteiger partial charge >= 0.3 is 0 Å². The highest BCUT2D eigenvalue weighted by molar-refractivity contribution is 5.95. The lowest BCUT2D eigenvalue weighted by Gasteiger charge is -2.18. The molecule has 190 valence electrons. The Morgan fingerprint density at radius 1 is 1.03 bits per heavy atom. The van der Waals surface area contributed by atoms with Gasteiger partial charge in [-0.05, 0) is 62.7 Å². The van der Waals surface area contributed by atoms with Crippen molar-refractivity contribution in [2.75, 3.05) is 62.5 Å². The van der Waals surface area contributed by atoms with Crippen LogP contribution in [0, 0.1) is 0 Å². The Kier molecular flexibility index (Phi) is 8.99. The molecule has 8 nitrogen and oxygen atoms in total. The van der Waals surface area contributed by atoms with Crippen molar-refractivity contribution in [1.82, 2.24) is 9.88 Å². The van der Waals surface area contributed by atoms with Gasteiger partial charge in [0.1, 0.15) is 5.82 Å². The first-order chi connectivity index (χ1) is 17.6. The van der Waals surface area contributed by atoms with E-state index in [1.807, 2.05) is 60.7 Å². The van der Waals surface area contributed by atoms with Gasteiger partial charge in [-0.2, -0.15) is 0 Å². The molecule has 1 aliphatic heterocycles. The predicted molar refractivity (Wildman–Crippen MR) is 145 cm³/mol. The molecular formula is C28H35N5O3. The van der Waals surface area contributed by atoms with Gasteiger partial charge < -0.3 is 29.9 Å². The van der Waals surface area contributed by atoms with Crippen LogP contribution in [0.1, 0.15) is 19.3 Å². The Labute approximate surface area is 213 Å². The second-order valence-electron chi connectivity index (χ2n) is 8.81. The Hall–Kier alpha value is -3.78. The SMILES string of the molecule is COc1ccc(Nc2cc(NCC(=O)N(C)c3ccccc3)ccn2)cc1OCCCN1CCCC1. The summed E-state index contributed by atoms with van der Waals surface area (Å²) in [6.07, 6.45) is 5.28. The van der Waals surface area contributed by atoms with Crippen LogP contribution in [0.2, 0.25) is 0 Å². The van der Waals surface area contributed by atoms with Gasteiger partial charge in [0.15, 0.2) is 11.5 Å². The molecule has 2 heterocycles. The quantitative estimate of drug-likeness (QED) is 0.355. The van der Waals surface area contributed by atoms with Gasteiger partial charge in [-0.15, -0.1) is 0 Å². The van der Waals surface area contributed by atoms with E-state index in [4.69, 9.17) is 9.47 Å². The Bertz CT molecular complexity index is 1120. The molecule has 8 heteroatoms. The standard InChI is InChI=1S/C28H35N5O3/c1-32(24-9-4-3-5-10-24)28(34)21-30-22-13-14-29-27(20-22)31-23-11-12-25(35-2)26(19-23)36-18-8-17-33-15-6-7-16-33/h3-5,9-14,19-20H,6-8,15-18,21H2,1-2H3,(H2,29,30,31). The molecule has 0 bridgehead atoms. The van der Waals surface area contributed by atoms with Gasteiger partial charge in [-0.3, -0.25) is 4.79 Å². The molecule has 0 radical (unpaired) electrons. The van der Waals surface area contributed by atoms with Crippen LogP contribution < -0.4 is 25.0 Å². The number of pyridine rings is 1. The predicted octanol–water partition coefficient (Wildman–Crippen LogP) is 4.77. The minimum atomic E-state index is -0.0332. The first-order valence-corrected chi connectivity index (χ1v) is 12.4. The summed E-state index contributed by atoms with van der Waals surface area (Å²) >= 11 is 0. The number of likely N-dealkylation sites (tertiary alicyclic amines) is 1. The zero-order valence-corrected chi connectivity index (χ0v) is 21.1. The molecule has 1 aliphatic rings. The zero-order valence-electron chi connectivity index (χ0n) is 21.1. The molecule has 1 fully saturated rings. The van der Waals surface area contributed by atoms with Gasteiger partial charge in [0, 0.05) is 49.0 Å². The van der Waals surface area contributed by atoms with Crippen molar-refractivity contribution < 1.29 is 14.3 Å². The Morgan fingerprint density at radius 3 is 2.61 bits per heavy atom. The molecule has 0 spiro atoms. The van der Waals surface area contributed by atoms with Crippen molar-refractivity contribution in [2.45, 2.75) is 19.3 Å². The van der Waals surface area contributed by atoms with Crippen LogP contribution >= 0.6 is 0 Å². The minimum absolute atomic E-state index is 0.0332. The van der Waals surface area contributed by atoms with Gasteiger partial charge in [-0.1, -0.05) is 18.2 Å². The summed E-state index contributed by atoms with van der Waals surface area (Å²) in [4.78, 5) is 21.1. The molecule has 1 amide bonds. The number of carbonyl (C=O) groups is 1. The lowest BCUT2D eigenvalue weighted by atomic mass is 10.2. The maximum absolute atomic E-state index is 12.6. The van der Waals surface area contributed by atoms with Crippen LogP contribution in [-0.4, -0.2) is 62.7 Å². The minimum Gasteiger partial charge on any atom is -0.493 e. The third-order valence-electron chi connectivity index (χ3n) is 6.23. The van der Waals surface area contributed by atoms with Crippen LogP contribution in [-0.2, 0) is 4.79 Å². The van der Waals surface area contributed by atoms with E-state index in [-0.39, 0.29) is 12.5 Å². The summed E-state index contributed by atoms with van der Waals surface area (Å²) in [5.74, 6) is 2.03. The van der Waals surface area contributed by atoms with Crippen molar-refractivity contribution in [1.29, 1.82) is 0 Å². The molecular weight excluding hydrogens is 454 g/mol. The molecule has 0 atom stereocenters. The Balaban J connectivity index is 1.32. The zero-order chi connectivity index (χ0) is 25.2. The molecule has 0 unspecified atom stereocenters. The second-order valence-corrected chi connectivity index (χ2v) is 8.81. The monoisotopic (exact) mass is 489 g/mol. The summed E-state index contributed by atoms with van der Waals surface area (Å²) < 4.78 is 11.5. The number of rotatable bonds is 12. The summed E-state index contributed by atoms with van der Waals surface area (Å²) in [5, 5.41) is 6.51. The fraction of sp³-hybridized carbons (Fsp3) is 0.357. The number of anilines is 4. The smallest absolute Gasteiger partial charge is 0.246 e. The molecule has 1 saturated heterocycles. The van der Waals surface area contributed by atoms with E-state index in [0.717, 1.165) is 30.0 Å². The highest BCUT2D eigenvalue weighted by atomic mass is 16.5. The average Bonchev–Trinajstić information content (AvgIpc) is 3.44. The van der Waals surface area contributed by atoms with Crippen molar-refractivity contribution in [3.05, 3.63) is 66.9 Å². The van der Waals surface area contributed by atoms with Crippen molar-refractivity contribution in [3.8, 4) is 11.5 Å². The number of nitrogens with zero attached hydrogens (tertiary/aromatic N) is 3. The van der Waals surface area contributed by atoms with Crippen LogP contribution in [0.5, 0.6) is 11.5 Å². The molecule has 3 aromatic rings. The highest BCUT2D eigenvalue weighted by Gasteiger charge is 2.12. The maximum atomic E-state index is 12.6. The highest BCUT2D eigenvalue weighted by Crippen LogP contribution is 2.31. The number of para-hydroxylation sites is 1. The molecule has 36 heavy (non-hydrogen) atoms. The van der Waals surface area contributed by atoms with Crippen molar-refractivity contribution in [3.63, 3.8) is 0 Å². The normalized spacial score (nSPS) is 13.3. The molecule has 0 saturated carbocycles. The van der Waals surface area contributed by atoms with E-state index in [9.17, 15) is 4.79 Å². The van der Waals surface area contributed by atoms with Crippen molar-refractivity contribution in [2.24, 2.45) is 0 Å². The number of likely N-dealkylation sites (N-methyl/N-ethyl adjacent to an activating group) is 1. The van der Waals surface area contributed by atoms with Gasteiger partial charge in [0.05, 0.1) is 20.3 Å².